The highest BCUT2D eigenvalue weighted by Gasteiger charge is 2.08. The SMILES string of the molecule is CCCNCc1cccnc1Oc1ccccc1CCO. The molecule has 0 unspecified atom stereocenters. The van der Waals surface area contributed by atoms with Crippen molar-refractivity contribution in [3.8, 4) is 11.6 Å². The van der Waals surface area contributed by atoms with Gasteiger partial charge in [0.05, 0.1) is 0 Å². The van der Waals surface area contributed by atoms with Crippen molar-refractivity contribution in [1.29, 1.82) is 0 Å². The van der Waals surface area contributed by atoms with Crippen LogP contribution in [0.25, 0.3) is 0 Å². The van der Waals surface area contributed by atoms with E-state index in [1.54, 1.807) is 6.20 Å². The van der Waals surface area contributed by atoms with Gasteiger partial charge in [0.15, 0.2) is 0 Å². The smallest absolute Gasteiger partial charge is 0.223 e. The summed E-state index contributed by atoms with van der Waals surface area (Å²) in [5.74, 6) is 1.37. The molecule has 0 bridgehead atoms. The molecule has 0 aliphatic carbocycles. The van der Waals surface area contributed by atoms with E-state index in [9.17, 15) is 0 Å². The number of rotatable bonds is 8. The fourth-order valence-corrected chi connectivity index (χ4v) is 2.08. The number of benzene rings is 1. The largest absolute Gasteiger partial charge is 0.438 e. The maximum absolute atomic E-state index is 9.13. The Morgan fingerprint density at radius 2 is 1.95 bits per heavy atom. The standard InChI is InChI=1S/C17H22N2O2/c1-2-10-18-13-15-7-5-11-19-17(15)21-16-8-4-3-6-14(16)9-12-20/h3-8,11,18,20H,2,9-10,12-13H2,1H3. The van der Waals surface area contributed by atoms with Gasteiger partial charge in [-0.05, 0) is 37.1 Å². The normalized spacial score (nSPS) is 10.6. The van der Waals surface area contributed by atoms with Crippen LogP contribution in [0.4, 0.5) is 0 Å². The number of aliphatic hydroxyl groups excluding tert-OH is 1. The topological polar surface area (TPSA) is 54.4 Å². The first-order valence-electron chi connectivity index (χ1n) is 7.36. The summed E-state index contributed by atoms with van der Waals surface area (Å²) >= 11 is 0. The van der Waals surface area contributed by atoms with E-state index in [4.69, 9.17) is 9.84 Å². The molecule has 1 aromatic carbocycles. The first-order valence-corrected chi connectivity index (χ1v) is 7.36. The minimum atomic E-state index is 0.105. The van der Waals surface area contributed by atoms with Crippen molar-refractivity contribution in [2.24, 2.45) is 0 Å². The van der Waals surface area contributed by atoms with E-state index in [1.165, 1.54) is 0 Å². The summed E-state index contributed by atoms with van der Waals surface area (Å²) in [6.07, 6.45) is 3.40. The van der Waals surface area contributed by atoms with E-state index in [1.807, 2.05) is 36.4 Å². The fraction of sp³-hybridized carbons (Fsp3) is 0.353. The van der Waals surface area contributed by atoms with Gasteiger partial charge >= 0.3 is 0 Å². The number of hydrogen-bond acceptors (Lipinski definition) is 4. The van der Waals surface area contributed by atoms with Gasteiger partial charge in [-0.2, -0.15) is 0 Å². The summed E-state index contributed by atoms with van der Waals surface area (Å²) < 4.78 is 5.96. The van der Waals surface area contributed by atoms with Crippen molar-refractivity contribution >= 4 is 0 Å². The van der Waals surface area contributed by atoms with Crippen LogP contribution in [0.3, 0.4) is 0 Å². The zero-order valence-electron chi connectivity index (χ0n) is 12.4. The van der Waals surface area contributed by atoms with E-state index >= 15 is 0 Å². The van der Waals surface area contributed by atoms with Crippen molar-refractivity contribution in [3.63, 3.8) is 0 Å². The molecule has 0 amide bonds. The zero-order valence-corrected chi connectivity index (χ0v) is 12.4. The minimum Gasteiger partial charge on any atom is -0.438 e. The van der Waals surface area contributed by atoms with E-state index in [-0.39, 0.29) is 6.61 Å². The molecule has 0 aliphatic heterocycles. The van der Waals surface area contributed by atoms with Crippen molar-refractivity contribution in [2.75, 3.05) is 13.2 Å². The Bertz CT molecular complexity index is 558. The second-order valence-electron chi connectivity index (χ2n) is 4.83. The average molecular weight is 286 g/mol. The summed E-state index contributed by atoms with van der Waals surface area (Å²) in [7, 11) is 0. The lowest BCUT2D eigenvalue weighted by atomic mass is 10.1. The van der Waals surface area contributed by atoms with Crippen LogP contribution in [0, 0.1) is 0 Å². The van der Waals surface area contributed by atoms with Gasteiger partial charge in [0.25, 0.3) is 0 Å². The maximum Gasteiger partial charge on any atom is 0.223 e. The third kappa shape index (κ3) is 4.55. The number of ether oxygens (including phenoxy) is 1. The number of pyridine rings is 1. The molecule has 0 aliphatic rings. The molecule has 2 aromatic rings. The van der Waals surface area contributed by atoms with Gasteiger partial charge in [0, 0.05) is 24.9 Å². The fourth-order valence-electron chi connectivity index (χ4n) is 2.08. The highest BCUT2D eigenvalue weighted by Crippen LogP contribution is 2.26. The molecule has 0 fully saturated rings. The van der Waals surface area contributed by atoms with E-state index in [0.29, 0.717) is 12.3 Å². The van der Waals surface area contributed by atoms with Crippen LogP contribution in [0.5, 0.6) is 11.6 Å². The lowest BCUT2D eigenvalue weighted by Gasteiger charge is -2.13. The molecule has 0 saturated carbocycles. The molecular weight excluding hydrogens is 264 g/mol. The third-order valence-electron chi connectivity index (χ3n) is 3.15. The van der Waals surface area contributed by atoms with E-state index in [0.717, 1.165) is 36.4 Å². The molecule has 0 radical (unpaired) electrons. The monoisotopic (exact) mass is 286 g/mol. The van der Waals surface area contributed by atoms with Gasteiger partial charge < -0.3 is 15.2 Å². The molecule has 4 heteroatoms. The van der Waals surface area contributed by atoms with Gasteiger partial charge in [-0.25, -0.2) is 4.98 Å². The van der Waals surface area contributed by atoms with Crippen molar-refractivity contribution in [2.45, 2.75) is 26.3 Å². The van der Waals surface area contributed by atoms with Crippen molar-refractivity contribution < 1.29 is 9.84 Å². The lowest BCUT2D eigenvalue weighted by Crippen LogP contribution is -2.14. The Hall–Kier alpha value is -1.91. The summed E-state index contributed by atoms with van der Waals surface area (Å²) in [4.78, 5) is 4.33. The number of para-hydroxylation sites is 1. The number of aromatic nitrogens is 1. The predicted octanol–water partition coefficient (Wildman–Crippen LogP) is 2.91. The summed E-state index contributed by atoms with van der Waals surface area (Å²) in [5, 5.41) is 12.5. The highest BCUT2D eigenvalue weighted by atomic mass is 16.5. The van der Waals surface area contributed by atoms with Gasteiger partial charge in [-0.15, -0.1) is 0 Å². The summed E-state index contributed by atoms with van der Waals surface area (Å²) in [6.45, 7) is 3.95. The van der Waals surface area contributed by atoms with Gasteiger partial charge in [-0.3, -0.25) is 0 Å². The number of nitrogens with zero attached hydrogens (tertiary/aromatic N) is 1. The zero-order chi connectivity index (χ0) is 14.9. The van der Waals surface area contributed by atoms with Gasteiger partial charge in [0.2, 0.25) is 5.88 Å². The van der Waals surface area contributed by atoms with Crippen LogP contribution < -0.4 is 10.1 Å². The second-order valence-corrected chi connectivity index (χ2v) is 4.83. The second kappa shape index (κ2) is 8.39. The number of aliphatic hydroxyl groups is 1. The average Bonchev–Trinajstić information content (AvgIpc) is 2.51. The quantitative estimate of drug-likeness (QED) is 0.733. The molecular formula is C17H22N2O2. The maximum atomic E-state index is 9.13. The minimum absolute atomic E-state index is 0.105. The molecule has 112 valence electrons. The molecule has 2 N–H and O–H groups in total. The Balaban J connectivity index is 2.15. The van der Waals surface area contributed by atoms with Gasteiger partial charge in [0.1, 0.15) is 5.75 Å². The Kier molecular flexibility index (Phi) is 6.19. The molecule has 0 saturated heterocycles. The Morgan fingerprint density at radius 3 is 2.76 bits per heavy atom. The van der Waals surface area contributed by atoms with Crippen molar-refractivity contribution in [1.82, 2.24) is 10.3 Å². The molecule has 1 heterocycles. The summed E-state index contributed by atoms with van der Waals surface area (Å²) in [5.41, 5.74) is 2.02. The van der Waals surface area contributed by atoms with E-state index < -0.39 is 0 Å². The molecule has 1 aromatic heterocycles. The highest BCUT2D eigenvalue weighted by molar-refractivity contribution is 5.38. The number of nitrogens with one attached hydrogen (secondary N) is 1. The van der Waals surface area contributed by atoms with Crippen LogP contribution in [0.1, 0.15) is 24.5 Å². The van der Waals surface area contributed by atoms with Crippen molar-refractivity contribution in [3.05, 3.63) is 53.7 Å². The van der Waals surface area contributed by atoms with Crippen LogP contribution >= 0.6 is 0 Å². The molecule has 2 rings (SSSR count). The molecule has 0 spiro atoms. The molecule has 21 heavy (non-hydrogen) atoms. The van der Waals surface area contributed by atoms with Crippen LogP contribution in [-0.2, 0) is 13.0 Å². The first-order chi connectivity index (χ1) is 10.3. The van der Waals surface area contributed by atoms with Crippen LogP contribution in [0.15, 0.2) is 42.6 Å². The Labute approximate surface area is 125 Å². The number of hydrogen-bond donors (Lipinski definition) is 2. The first kappa shape index (κ1) is 15.5. The predicted molar refractivity (Wildman–Crippen MR) is 83.5 cm³/mol. The van der Waals surface area contributed by atoms with E-state index in [2.05, 4.69) is 17.2 Å². The molecule has 4 nitrogen and oxygen atoms in total. The van der Waals surface area contributed by atoms with Crippen LogP contribution in [0.2, 0.25) is 0 Å². The van der Waals surface area contributed by atoms with Crippen LogP contribution in [-0.4, -0.2) is 23.2 Å². The summed E-state index contributed by atoms with van der Waals surface area (Å²) in [6, 6.07) is 11.7. The van der Waals surface area contributed by atoms with Gasteiger partial charge in [-0.1, -0.05) is 31.2 Å². The lowest BCUT2D eigenvalue weighted by molar-refractivity contribution is 0.297. The third-order valence-corrected chi connectivity index (χ3v) is 3.15. The molecule has 0 atom stereocenters. The Morgan fingerprint density at radius 1 is 1.14 bits per heavy atom.